The van der Waals surface area contributed by atoms with E-state index in [0.717, 1.165) is 36.1 Å². The van der Waals surface area contributed by atoms with Crippen LogP contribution in [0.15, 0.2) is 18.2 Å². The minimum atomic E-state index is -0.469. The predicted octanol–water partition coefficient (Wildman–Crippen LogP) is 4.73. The molecule has 1 aliphatic carbocycles. The van der Waals surface area contributed by atoms with Gasteiger partial charge in [0, 0.05) is 16.3 Å². The Morgan fingerprint density at radius 2 is 2.18 bits per heavy atom. The van der Waals surface area contributed by atoms with E-state index in [-0.39, 0.29) is 5.91 Å². The van der Waals surface area contributed by atoms with E-state index in [1.165, 1.54) is 16.2 Å². The Bertz CT molecular complexity index is 894. The number of thiophene rings is 1. The van der Waals surface area contributed by atoms with Crippen LogP contribution in [0.3, 0.4) is 0 Å². The molecule has 0 fully saturated rings. The Morgan fingerprint density at radius 1 is 1.39 bits per heavy atom. The lowest BCUT2D eigenvalue weighted by molar-refractivity contribution is -0.116. The fraction of sp³-hybridized carbons (Fsp3) is 0.429. The number of nitrogens with two attached hydrogens (primary N) is 1. The topological polar surface area (TPSA) is 81.4 Å². The quantitative estimate of drug-likeness (QED) is 0.635. The van der Waals surface area contributed by atoms with Gasteiger partial charge >= 0.3 is 0 Å². The van der Waals surface area contributed by atoms with Gasteiger partial charge in [0.25, 0.3) is 5.91 Å². The first-order chi connectivity index (χ1) is 13.3. The number of carbonyl (C=O) groups excluding carboxylic acids is 2. The Morgan fingerprint density at radius 3 is 2.89 bits per heavy atom. The third-order valence-electron chi connectivity index (χ3n) is 4.96. The molecule has 0 spiro atoms. The maximum atomic E-state index is 12.3. The number of anilines is 1. The van der Waals surface area contributed by atoms with Crippen LogP contribution < -0.4 is 15.8 Å². The van der Waals surface area contributed by atoms with Gasteiger partial charge in [-0.15, -0.1) is 11.3 Å². The Balaban J connectivity index is 1.55. The average molecular weight is 421 g/mol. The molecule has 2 amide bonds. The number of aryl methyl sites for hydroxylation is 1. The minimum absolute atomic E-state index is 0.134. The molecule has 1 aliphatic rings. The van der Waals surface area contributed by atoms with Crippen LogP contribution in [-0.2, 0) is 17.6 Å². The molecule has 1 heterocycles. The molecule has 1 aromatic heterocycles. The lowest BCUT2D eigenvalue weighted by Gasteiger charge is -2.18. The summed E-state index contributed by atoms with van der Waals surface area (Å²) in [7, 11) is 0. The van der Waals surface area contributed by atoms with Crippen LogP contribution in [0.5, 0.6) is 5.75 Å². The van der Waals surface area contributed by atoms with E-state index in [9.17, 15) is 9.59 Å². The molecule has 150 valence electrons. The predicted molar refractivity (Wildman–Crippen MR) is 114 cm³/mol. The lowest BCUT2D eigenvalue weighted by Crippen LogP contribution is -2.19. The normalized spacial score (nSPS) is 15.8. The van der Waals surface area contributed by atoms with Crippen molar-refractivity contribution < 1.29 is 14.3 Å². The zero-order valence-electron chi connectivity index (χ0n) is 16.1. The maximum absolute atomic E-state index is 12.3. The number of amides is 2. The molecule has 28 heavy (non-hydrogen) atoms. The number of benzene rings is 1. The summed E-state index contributed by atoms with van der Waals surface area (Å²) in [4.78, 5) is 25.5. The van der Waals surface area contributed by atoms with Crippen LogP contribution in [-0.4, -0.2) is 18.4 Å². The number of fused-ring (bicyclic) bond motifs is 1. The van der Waals surface area contributed by atoms with Crippen molar-refractivity contribution in [2.45, 2.75) is 46.0 Å². The van der Waals surface area contributed by atoms with Crippen molar-refractivity contribution in [3.8, 4) is 5.75 Å². The van der Waals surface area contributed by atoms with E-state index >= 15 is 0 Å². The number of rotatable bonds is 7. The molecule has 0 radical (unpaired) electrons. The molecule has 1 aromatic carbocycles. The van der Waals surface area contributed by atoms with Crippen LogP contribution in [0.4, 0.5) is 5.00 Å². The number of carbonyl (C=O) groups is 2. The molecule has 0 saturated heterocycles. The first-order valence-corrected chi connectivity index (χ1v) is 10.7. The van der Waals surface area contributed by atoms with Crippen molar-refractivity contribution in [2.24, 2.45) is 11.7 Å². The summed E-state index contributed by atoms with van der Waals surface area (Å²) in [5.41, 5.74) is 8.05. The van der Waals surface area contributed by atoms with Gasteiger partial charge in [0.15, 0.2) is 0 Å². The fourth-order valence-corrected chi connectivity index (χ4v) is 4.97. The largest absolute Gasteiger partial charge is 0.494 e. The average Bonchev–Trinajstić information content (AvgIpc) is 2.98. The summed E-state index contributed by atoms with van der Waals surface area (Å²) in [6, 6.07) is 5.48. The summed E-state index contributed by atoms with van der Waals surface area (Å²) in [6.07, 6.45) is 3.70. The van der Waals surface area contributed by atoms with Crippen molar-refractivity contribution in [3.05, 3.63) is 44.8 Å². The molecule has 0 saturated carbocycles. The van der Waals surface area contributed by atoms with Crippen molar-refractivity contribution >= 4 is 39.8 Å². The molecule has 3 rings (SSSR count). The minimum Gasteiger partial charge on any atom is -0.494 e. The number of hydrogen-bond donors (Lipinski definition) is 2. The number of hydrogen-bond acceptors (Lipinski definition) is 4. The highest BCUT2D eigenvalue weighted by Gasteiger charge is 2.27. The van der Waals surface area contributed by atoms with Crippen LogP contribution >= 0.6 is 22.9 Å². The SMILES string of the molecule is Cc1cc(OCCCC(=O)Nc2sc3c(c2C(N)=O)CCC(C)C3)ccc1Cl. The van der Waals surface area contributed by atoms with E-state index in [2.05, 4.69) is 12.2 Å². The van der Waals surface area contributed by atoms with E-state index in [4.69, 9.17) is 22.1 Å². The van der Waals surface area contributed by atoms with Crippen molar-refractivity contribution in [1.29, 1.82) is 0 Å². The first kappa shape index (κ1) is 20.7. The number of primary amides is 1. The zero-order chi connectivity index (χ0) is 20.3. The maximum Gasteiger partial charge on any atom is 0.251 e. The molecule has 0 aliphatic heterocycles. The van der Waals surface area contributed by atoms with E-state index in [1.807, 2.05) is 19.1 Å². The molecular formula is C21H25ClN2O3S. The Kier molecular flexibility index (Phi) is 6.62. The van der Waals surface area contributed by atoms with Crippen molar-refractivity contribution in [2.75, 3.05) is 11.9 Å². The molecule has 1 unspecified atom stereocenters. The van der Waals surface area contributed by atoms with Crippen molar-refractivity contribution in [1.82, 2.24) is 0 Å². The van der Waals surface area contributed by atoms with Gasteiger partial charge in [0.2, 0.25) is 5.91 Å². The zero-order valence-corrected chi connectivity index (χ0v) is 17.7. The van der Waals surface area contributed by atoms with Gasteiger partial charge in [-0.25, -0.2) is 0 Å². The highest BCUT2D eigenvalue weighted by molar-refractivity contribution is 7.17. The molecule has 7 heteroatoms. The number of ether oxygens (including phenoxy) is 1. The summed E-state index contributed by atoms with van der Waals surface area (Å²) in [5, 5.41) is 4.17. The van der Waals surface area contributed by atoms with Gasteiger partial charge in [0.1, 0.15) is 10.8 Å². The van der Waals surface area contributed by atoms with Gasteiger partial charge in [-0.1, -0.05) is 18.5 Å². The fourth-order valence-electron chi connectivity index (χ4n) is 3.42. The highest BCUT2D eigenvalue weighted by Crippen LogP contribution is 2.39. The van der Waals surface area contributed by atoms with Crippen LogP contribution in [0.2, 0.25) is 5.02 Å². The highest BCUT2D eigenvalue weighted by atomic mass is 35.5. The lowest BCUT2D eigenvalue weighted by atomic mass is 9.88. The molecule has 3 N–H and O–H groups in total. The monoisotopic (exact) mass is 420 g/mol. The summed E-state index contributed by atoms with van der Waals surface area (Å²) < 4.78 is 5.67. The number of halogens is 1. The van der Waals surface area contributed by atoms with Crippen molar-refractivity contribution in [3.63, 3.8) is 0 Å². The van der Waals surface area contributed by atoms with Gasteiger partial charge in [0.05, 0.1) is 12.2 Å². The Hall–Kier alpha value is -2.05. The van der Waals surface area contributed by atoms with Gasteiger partial charge < -0.3 is 15.8 Å². The summed E-state index contributed by atoms with van der Waals surface area (Å²) >= 11 is 7.49. The second-order valence-electron chi connectivity index (χ2n) is 7.33. The molecule has 1 atom stereocenters. The first-order valence-electron chi connectivity index (χ1n) is 9.48. The van der Waals surface area contributed by atoms with Gasteiger partial charge in [-0.3, -0.25) is 9.59 Å². The summed E-state index contributed by atoms with van der Waals surface area (Å²) in [5.74, 6) is 0.719. The smallest absolute Gasteiger partial charge is 0.251 e. The molecule has 0 bridgehead atoms. The summed E-state index contributed by atoms with van der Waals surface area (Å²) in [6.45, 7) is 4.54. The number of nitrogens with one attached hydrogen (secondary N) is 1. The van der Waals surface area contributed by atoms with Crippen LogP contribution in [0.25, 0.3) is 0 Å². The molecule has 5 nitrogen and oxygen atoms in total. The van der Waals surface area contributed by atoms with Gasteiger partial charge in [-0.2, -0.15) is 0 Å². The van der Waals surface area contributed by atoms with E-state index in [1.54, 1.807) is 6.07 Å². The van der Waals surface area contributed by atoms with Crippen LogP contribution in [0.1, 0.15) is 52.5 Å². The molecular weight excluding hydrogens is 396 g/mol. The van der Waals surface area contributed by atoms with Gasteiger partial charge in [-0.05, 0) is 67.9 Å². The Labute approximate surface area is 174 Å². The van der Waals surface area contributed by atoms with E-state index < -0.39 is 5.91 Å². The second kappa shape index (κ2) is 8.97. The second-order valence-corrected chi connectivity index (χ2v) is 8.84. The third kappa shape index (κ3) is 4.86. The third-order valence-corrected chi connectivity index (χ3v) is 6.55. The molecule has 2 aromatic rings. The van der Waals surface area contributed by atoms with Crippen LogP contribution in [0, 0.1) is 12.8 Å². The standard InChI is InChI=1S/C21H25ClN2O3S/c1-12-5-7-15-17(10-12)28-21(19(15)20(23)26)24-18(25)4-3-9-27-14-6-8-16(22)13(2)11-14/h6,8,11-12H,3-5,7,9-10H2,1-2H3,(H2,23,26)(H,24,25). The van der Waals surface area contributed by atoms with E-state index in [0.29, 0.717) is 41.0 Å².